The Morgan fingerprint density at radius 3 is 1.89 bits per heavy atom. The molecule has 0 unspecified atom stereocenters. The molecule has 178 valence electrons. The second-order valence-electron chi connectivity index (χ2n) is 6.81. The Morgan fingerprint density at radius 1 is 0.686 bits per heavy atom. The number of amides is 1. The van der Waals surface area contributed by atoms with Gasteiger partial charge in [0.25, 0.3) is 0 Å². The molecule has 0 bridgehead atoms. The number of ether oxygens (including phenoxy) is 2. The fourth-order valence-electron chi connectivity index (χ4n) is 2.94. The summed E-state index contributed by atoms with van der Waals surface area (Å²) in [6.45, 7) is 0.968. The van der Waals surface area contributed by atoms with Crippen LogP contribution in [0.15, 0.2) is 78.9 Å². The first-order chi connectivity index (χ1) is 16.8. The minimum Gasteiger partial charge on any atom is -0.465 e. The van der Waals surface area contributed by atoms with Crippen LogP contribution >= 0.6 is 0 Å². The van der Waals surface area contributed by atoms with E-state index in [1.807, 2.05) is 0 Å². The maximum Gasteiger partial charge on any atom is 0.484 e. The zero-order valence-corrected chi connectivity index (χ0v) is 18.6. The van der Waals surface area contributed by atoms with Gasteiger partial charge in [-0.25, -0.2) is 19.2 Å². The molecule has 3 rings (SSSR count). The van der Waals surface area contributed by atoms with E-state index in [4.69, 9.17) is 14.3 Å². The summed E-state index contributed by atoms with van der Waals surface area (Å²) >= 11 is 0. The van der Waals surface area contributed by atoms with Crippen LogP contribution < -0.4 is 4.74 Å². The van der Waals surface area contributed by atoms with Crippen molar-refractivity contribution in [2.75, 3.05) is 7.11 Å². The summed E-state index contributed by atoms with van der Waals surface area (Å²) in [4.78, 5) is 72.0. The van der Waals surface area contributed by atoms with Gasteiger partial charge >= 0.3 is 24.0 Å². The van der Waals surface area contributed by atoms with E-state index in [2.05, 4.69) is 4.84 Å². The number of ketones is 1. The fraction of sp³-hybridized carbons (Fsp3) is 0.0800. The number of benzene rings is 3. The highest BCUT2D eigenvalue weighted by atomic mass is 17.0. The number of hydrogen-bond acceptors (Lipinski definition) is 9. The molecule has 0 fully saturated rings. The van der Waals surface area contributed by atoms with Crippen LogP contribution in [0.4, 0.5) is 4.79 Å². The summed E-state index contributed by atoms with van der Waals surface area (Å²) in [5.41, 5.74) is -0.684. The summed E-state index contributed by atoms with van der Waals surface area (Å²) in [6, 6.07) is 19.7. The minimum atomic E-state index is -1.35. The van der Waals surface area contributed by atoms with Gasteiger partial charge in [-0.3, -0.25) is 9.63 Å². The molecule has 1 amide bonds. The molecule has 0 heterocycles. The molecule has 10 nitrogen and oxygen atoms in total. The van der Waals surface area contributed by atoms with Gasteiger partial charge in [-0.15, -0.1) is 0 Å². The maximum atomic E-state index is 13.0. The first kappa shape index (κ1) is 24.6. The van der Waals surface area contributed by atoms with E-state index in [-0.39, 0.29) is 22.1 Å². The van der Waals surface area contributed by atoms with Crippen LogP contribution in [0.1, 0.15) is 43.6 Å². The number of hydrogen-bond donors (Lipinski definition) is 0. The Labute approximate surface area is 199 Å². The number of methoxy groups -OCH3 is 1. The number of para-hydroxylation sites is 1. The lowest BCUT2D eigenvalue weighted by atomic mass is 9.94. The van der Waals surface area contributed by atoms with Crippen molar-refractivity contribution in [2.45, 2.75) is 6.92 Å². The van der Waals surface area contributed by atoms with Crippen molar-refractivity contribution in [1.82, 2.24) is 5.23 Å². The molecule has 0 aliphatic heterocycles. The summed E-state index contributed by atoms with van der Waals surface area (Å²) < 4.78 is 9.78. The largest absolute Gasteiger partial charge is 0.484 e. The van der Waals surface area contributed by atoms with Gasteiger partial charge in [0.1, 0.15) is 5.75 Å². The molecule has 35 heavy (non-hydrogen) atoms. The topological polar surface area (TPSA) is 126 Å². The first-order valence-electron chi connectivity index (χ1n) is 10.1. The molecule has 0 saturated carbocycles. The highest BCUT2D eigenvalue weighted by molar-refractivity contribution is 6.17. The maximum absolute atomic E-state index is 13.0. The van der Waals surface area contributed by atoms with Crippen LogP contribution in [0.3, 0.4) is 0 Å². The third-order valence-corrected chi connectivity index (χ3v) is 4.43. The van der Waals surface area contributed by atoms with Crippen molar-refractivity contribution in [2.24, 2.45) is 0 Å². The predicted molar refractivity (Wildman–Crippen MR) is 119 cm³/mol. The molecular formula is C25H19NO9. The van der Waals surface area contributed by atoms with E-state index in [9.17, 15) is 24.0 Å². The monoisotopic (exact) mass is 477 g/mol. The van der Waals surface area contributed by atoms with Crippen molar-refractivity contribution < 1.29 is 43.1 Å². The minimum absolute atomic E-state index is 0.0651. The number of esters is 1. The van der Waals surface area contributed by atoms with Gasteiger partial charge in [0.15, 0.2) is 5.78 Å². The molecule has 0 aliphatic rings. The SMILES string of the molecule is COC(=O)c1c(C(=O)ON(OC(C)=O)C(=O)Oc2ccccc2)cccc1C(=O)c1ccccc1. The zero-order chi connectivity index (χ0) is 25.4. The van der Waals surface area contributed by atoms with Crippen LogP contribution in [0.25, 0.3) is 0 Å². The molecular weight excluding hydrogens is 458 g/mol. The normalized spacial score (nSPS) is 10.0. The molecule has 0 spiro atoms. The Bertz CT molecular complexity index is 1260. The second-order valence-corrected chi connectivity index (χ2v) is 6.81. The lowest BCUT2D eigenvalue weighted by Gasteiger charge is -2.18. The molecule has 0 atom stereocenters. The number of hydroxylamine groups is 2. The molecule has 0 aromatic heterocycles. The summed E-state index contributed by atoms with van der Waals surface area (Å²) in [6.07, 6.45) is -1.35. The Morgan fingerprint density at radius 2 is 1.29 bits per heavy atom. The van der Waals surface area contributed by atoms with Crippen molar-refractivity contribution in [3.8, 4) is 5.75 Å². The zero-order valence-electron chi connectivity index (χ0n) is 18.6. The highest BCUT2D eigenvalue weighted by Crippen LogP contribution is 2.22. The van der Waals surface area contributed by atoms with E-state index in [1.54, 1.807) is 36.4 Å². The molecule has 0 saturated heterocycles. The summed E-state index contributed by atoms with van der Waals surface area (Å²) in [7, 11) is 1.07. The van der Waals surface area contributed by atoms with E-state index in [1.165, 1.54) is 42.5 Å². The number of nitrogens with zero attached hydrogens (tertiary/aromatic N) is 1. The fourth-order valence-corrected chi connectivity index (χ4v) is 2.94. The quantitative estimate of drug-likeness (QED) is 0.307. The third kappa shape index (κ3) is 6.08. The van der Waals surface area contributed by atoms with Gasteiger partial charge in [0.05, 0.1) is 23.5 Å². The van der Waals surface area contributed by atoms with Crippen molar-refractivity contribution in [3.05, 3.63) is 101 Å². The first-order valence-corrected chi connectivity index (χ1v) is 10.1. The summed E-state index contributed by atoms with van der Waals surface area (Å²) in [5, 5.41) is -0.0651. The molecule has 0 aliphatic carbocycles. The summed E-state index contributed by atoms with van der Waals surface area (Å²) in [5.74, 6) is -3.76. The van der Waals surface area contributed by atoms with Crippen LogP contribution in [-0.2, 0) is 19.2 Å². The lowest BCUT2D eigenvalue weighted by molar-refractivity contribution is -0.280. The number of carbonyl (C=O) groups is 5. The highest BCUT2D eigenvalue weighted by Gasteiger charge is 2.31. The lowest BCUT2D eigenvalue weighted by Crippen LogP contribution is -2.37. The van der Waals surface area contributed by atoms with Crippen LogP contribution in [0.5, 0.6) is 5.75 Å². The van der Waals surface area contributed by atoms with E-state index >= 15 is 0 Å². The van der Waals surface area contributed by atoms with Gasteiger partial charge < -0.3 is 14.3 Å². The number of rotatable bonds is 5. The van der Waals surface area contributed by atoms with Gasteiger partial charge in [-0.2, -0.15) is 0 Å². The smallest absolute Gasteiger partial charge is 0.465 e. The van der Waals surface area contributed by atoms with Crippen molar-refractivity contribution in [3.63, 3.8) is 0 Å². The van der Waals surface area contributed by atoms with Gasteiger partial charge in [0, 0.05) is 18.1 Å². The average Bonchev–Trinajstić information content (AvgIpc) is 2.87. The van der Waals surface area contributed by atoms with Crippen molar-refractivity contribution >= 4 is 29.8 Å². The van der Waals surface area contributed by atoms with Gasteiger partial charge in [-0.05, 0) is 18.2 Å². The van der Waals surface area contributed by atoms with E-state index < -0.39 is 40.9 Å². The van der Waals surface area contributed by atoms with Gasteiger partial charge in [-0.1, -0.05) is 60.7 Å². The number of carbonyl (C=O) groups excluding carboxylic acids is 5. The van der Waals surface area contributed by atoms with Crippen LogP contribution in [0, 0.1) is 0 Å². The Balaban J connectivity index is 1.95. The van der Waals surface area contributed by atoms with Gasteiger partial charge in [0.2, 0.25) is 0 Å². The molecule has 0 radical (unpaired) electrons. The average molecular weight is 477 g/mol. The van der Waals surface area contributed by atoms with Crippen molar-refractivity contribution in [1.29, 1.82) is 0 Å². The molecule has 0 N–H and O–H groups in total. The Hall–Kier alpha value is -4.99. The Kier molecular flexibility index (Phi) is 7.91. The standard InChI is InChI=1S/C25H19NO9/c1-16(27)34-26(25(31)33-18-12-7-4-8-13-18)35-23(29)20-15-9-14-19(21(20)24(30)32-2)22(28)17-10-5-3-6-11-17/h3-15H,1-2H3. The molecule has 10 heteroatoms. The van der Waals surface area contributed by atoms with Crippen LogP contribution in [0.2, 0.25) is 0 Å². The molecule has 3 aromatic rings. The molecule has 3 aromatic carbocycles. The second kappa shape index (κ2) is 11.2. The third-order valence-electron chi connectivity index (χ3n) is 4.43. The predicted octanol–water partition coefficient (Wildman–Crippen LogP) is 3.76. The van der Waals surface area contributed by atoms with E-state index in [0.717, 1.165) is 14.0 Å². The van der Waals surface area contributed by atoms with Crippen LogP contribution in [-0.4, -0.2) is 42.1 Å². The van der Waals surface area contributed by atoms with E-state index in [0.29, 0.717) is 0 Å².